The zero-order chi connectivity index (χ0) is 35.8. The first-order valence-corrected chi connectivity index (χ1v) is 20.9. The molecular formula is C39H76N2O6P+. The molecule has 1 amide bonds. The van der Waals surface area contributed by atoms with Crippen molar-refractivity contribution in [3.05, 3.63) is 36.5 Å². The Morgan fingerprint density at radius 3 is 1.67 bits per heavy atom. The first-order chi connectivity index (χ1) is 23.0. The lowest BCUT2D eigenvalue weighted by atomic mass is 10.1. The van der Waals surface area contributed by atoms with E-state index in [1.165, 1.54) is 83.5 Å². The molecule has 0 aromatic heterocycles. The van der Waals surface area contributed by atoms with Crippen LogP contribution in [0, 0.1) is 0 Å². The van der Waals surface area contributed by atoms with Gasteiger partial charge in [0.25, 0.3) is 0 Å². The van der Waals surface area contributed by atoms with Crippen molar-refractivity contribution in [1.29, 1.82) is 0 Å². The van der Waals surface area contributed by atoms with Crippen molar-refractivity contribution in [2.45, 2.75) is 167 Å². The van der Waals surface area contributed by atoms with Gasteiger partial charge in [-0.1, -0.05) is 127 Å². The number of hydrogen-bond donors (Lipinski definition) is 3. The van der Waals surface area contributed by atoms with E-state index in [1.807, 2.05) is 27.2 Å². The molecule has 0 aliphatic heterocycles. The van der Waals surface area contributed by atoms with E-state index in [-0.39, 0.29) is 19.1 Å². The van der Waals surface area contributed by atoms with Crippen molar-refractivity contribution in [3.8, 4) is 0 Å². The summed E-state index contributed by atoms with van der Waals surface area (Å²) in [4.78, 5) is 23.0. The number of carbonyl (C=O) groups excluding carboxylic acids is 1. The number of hydrogen-bond acceptors (Lipinski definition) is 5. The molecule has 9 heteroatoms. The monoisotopic (exact) mass is 700 g/mol. The molecule has 0 saturated carbocycles. The minimum absolute atomic E-state index is 0.0530. The molecule has 3 atom stereocenters. The van der Waals surface area contributed by atoms with E-state index < -0.39 is 20.0 Å². The highest BCUT2D eigenvalue weighted by atomic mass is 31.2. The average molecular weight is 700 g/mol. The fourth-order valence-corrected chi connectivity index (χ4v) is 5.90. The van der Waals surface area contributed by atoms with Crippen LogP contribution >= 0.6 is 7.82 Å². The normalized spacial score (nSPS) is 15.1. The van der Waals surface area contributed by atoms with Gasteiger partial charge in [0, 0.05) is 6.42 Å². The maximum atomic E-state index is 12.8. The highest BCUT2D eigenvalue weighted by Crippen LogP contribution is 2.43. The molecule has 0 rings (SSSR count). The van der Waals surface area contributed by atoms with Gasteiger partial charge in [-0.05, 0) is 57.8 Å². The molecule has 0 aromatic rings. The minimum Gasteiger partial charge on any atom is -0.387 e. The number of nitrogens with one attached hydrogen (secondary N) is 1. The molecule has 0 fully saturated rings. The number of phosphoric ester groups is 1. The Labute approximate surface area is 296 Å². The van der Waals surface area contributed by atoms with Gasteiger partial charge in [-0.25, -0.2) is 4.57 Å². The number of quaternary nitrogens is 1. The molecule has 0 bridgehead atoms. The minimum atomic E-state index is -4.34. The van der Waals surface area contributed by atoms with Gasteiger partial charge >= 0.3 is 7.82 Å². The fourth-order valence-electron chi connectivity index (χ4n) is 5.17. The third kappa shape index (κ3) is 33.2. The van der Waals surface area contributed by atoms with E-state index in [0.29, 0.717) is 17.4 Å². The smallest absolute Gasteiger partial charge is 0.387 e. The van der Waals surface area contributed by atoms with Gasteiger partial charge in [-0.15, -0.1) is 0 Å². The van der Waals surface area contributed by atoms with E-state index in [4.69, 9.17) is 9.05 Å². The number of nitrogens with zero attached hydrogens (tertiary/aromatic N) is 1. The zero-order valence-electron chi connectivity index (χ0n) is 31.7. The molecule has 0 saturated heterocycles. The molecule has 0 heterocycles. The highest BCUT2D eigenvalue weighted by molar-refractivity contribution is 7.47. The van der Waals surface area contributed by atoms with Crippen molar-refractivity contribution < 1.29 is 32.9 Å². The predicted octanol–water partition coefficient (Wildman–Crippen LogP) is 9.96. The van der Waals surface area contributed by atoms with Crippen molar-refractivity contribution >= 4 is 13.7 Å². The second-order valence-electron chi connectivity index (χ2n) is 14.3. The van der Waals surface area contributed by atoms with Crippen LogP contribution in [0.1, 0.15) is 155 Å². The number of likely N-dealkylation sites (N-methyl/N-ethyl adjacent to an activating group) is 1. The Bertz CT molecular complexity index is 886. The molecule has 0 radical (unpaired) electrons. The third-order valence-electron chi connectivity index (χ3n) is 8.33. The molecule has 8 nitrogen and oxygen atoms in total. The summed E-state index contributed by atoms with van der Waals surface area (Å²) in [5.41, 5.74) is 0. The summed E-state index contributed by atoms with van der Waals surface area (Å²) in [5.74, 6) is -0.207. The lowest BCUT2D eigenvalue weighted by molar-refractivity contribution is -0.870. The molecule has 0 aliphatic rings. The molecule has 282 valence electrons. The van der Waals surface area contributed by atoms with Crippen molar-refractivity contribution in [2.75, 3.05) is 40.9 Å². The zero-order valence-corrected chi connectivity index (χ0v) is 32.6. The largest absolute Gasteiger partial charge is 0.472 e. The molecular weight excluding hydrogens is 623 g/mol. The molecule has 3 N–H and O–H groups in total. The summed E-state index contributed by atoms with van der Waals surface area (Å²) < 4.78 is 23.4. The van der Waals surface area contributed by atoms with Crippen molar-refractivity contribution in [3.63, 3.8) is 0 Å². The molecule has 0 aromatic carbocycles. The van der Waals surface area contributed by atoms with Crippen LogP contribution in [0.5, 0.6) is 0 Å². The molecule has 0 aliphatic carbocycles. The first-order valence-electron chi connectivity index (χ1n) is 19.4. The molecule has 0 spiro atoms. The Hall–Kier alpha value is -1.28. The van der Waals surface area contributed by atoms with E-state index in [1.54, 1.807) is 6.08 Å². The number of allylic oxidation sites excluding steroid dienone is 5. The Morgan fingerprint density at radius 1 is 0.688 bits per heavy atom. The quantitative estimate of drug-likeness (QED) is 0.0267. The number of aliphatic hydroxyl groups excluding tert-OH is 1. The molecule has 3 unspecified atom stereocenters. The Morgan fingerprint density at radius 2 is 1.15 bits per heavy atom. The summed E-state index contributed by atoms with van der Waals surface area (Å²) in [6, 6.07) is -0.867. The van der Waals surface area contributed by atoms with E-state index >= 15 is 0 Å². The van der Waals surface area contributed by atoms with Crippen LogP contribution in [-0.4, -0.2) is 73.4 Å². The van der Waals surface area contributed by atoms with Crippen molar-refractivity contribution in [1.82, 2.24) is 5.32 Å². The Balaban J connectivity index is 4.62. The SMILES string of the molecule is CCCCCCCC/C=C\CCCCCC(=O)NC(COP(=O)(O)OCC[N+](C)(C)C)C(O)/C=C/CC/C=C/CCCCCCCCC. The van der Waals surface area contributed by atoms with Gasteiger partial charge in [0.1, 0.15) is 13.2 Å². The van der Waals surface area contributed by atoms with Crippen LogP contribution in [0.3, 0.4) is 0 Å². The van der Waals surface area contributed by atoms with Crippen LogP contribution in [-0.2, 0) is 18.4 Å². The first kappa shape index (κ1) is 46.7. The van der Waals surface area contributed by atoms with E-state index in [9.17, 15) is 19.4 Å². The number of carbonyl (C=O) groups is 1. The maximum Gasteiger partial charge on any atom is 0.472 e. The number of aliphatic hydroxyl groups is 1. The van der Waals surface area contributed by atoms with Gasteiger partial charge in [-0.2, -0.15) is 0 Å². The van der Waals surface area contributed by atoms with Crippen LogP contribution in [0.15, 0.2) is 36.5 Å². The van der Waals surface area contributed by atoms with Gasteiger partial charge in [0.05, 0.1) is 39.9 Å². The number of phosphoric acid groups is 1. The number of rotatable bonds is 34. The highest BCUT2D eigenvalue weighted by Gasteiger charge is 2.27. The summed E-state index contributed by atoms with van der Waals surface area (Å²) in [5, 5.41) is 13.7. The number of unbranched alkanes of at least 4 members (excludes halogenated alkanes) is 17. The van der Waals surface area contributed by atoms with Gasteiger partial charge in [0.2, 0.25) is 5.91 Å². The van der Waals surface area contributed by atoms with Crippen LogP contribution < -0.4 is 5.32 Å². The average Bonchev–Trinajstić information content (AvgIpc) is 3.02. The maximum absolute atomic E-state index is 12.8. The van der Waals surface area contributed by atoms with E-state index in [0.717, 1.165) is 51.4 Å². The van der Waals surface area contributed by atoms with Crippen LogP contribution in [0.25, 0.3) is 0 Å². The lowest BCUT2D eigenvalue weighted by Crippen LogP contribution is -2.45. The van der Waals surface area contributed by atoms with E-state index in [2.05, 4.69) is 43.5 Å². The number of amides is 1. The standard InChI is InChI=1S/C39H75N2O6P/c1-6-8-10-12-14-16-18-20-22-24-26-28-30-32-38(42)37(36-47-48(44,45)46-35-34-41(3,4)5)40-39(43)33-31-29-27-25-23-21-19-17-15-13-11-9-7-2/h21-24,30,32,37-38,42H,6-20,25-29,31,33-36H2,1-5H3,(H-,40,43,44,45)/p+1/b23-21-,24-22+,32-30+. The summed E-state index contributed by atoms with van der Waals surface area (Å²) in [7, 11) is 1.54. The third-order valence-corrected chi connectivity index (χ3v) is 9.32. The van der Waals surface area contributed by atoms with Gasteiger partial charge < -0.3 is 19.8 Å². The summed E-state index contributed by atoms with van der Waals surface area (Å²) >= 11 is 0. The summed E-state index contributed by atoms with van der Waals surface area (Å²) in [6.45, 7) is 4.73. The Kier molecular flexibility index (Phi) is 30.8. The van der Waals surface area contributed by atoms with Crippen molar-refractivity contribution in [2.24, 2.45) is 0 Å². The van der Waals surface area contributed by atoms with Crippen LogP contribution in [0.4, 0.5) is 0 Å². The second-order valence-corrected chi connectivity index (χ2v) is 15.7. The fraction of sp³-hybridized carbons (Fsp3) is 0.821. The van der Waals surface area contributed by atoms with Crippen LogP contribution in [0.2, 0.25) is 0 Å². The second kappa shape index (κ2) is 31.7. The molecule has 48 heavy (non-hydrogen) atoms. The lowest BCUT2D eigenvalue weighted by Gasteiger charge is -2.25. The van der Waals surface area contributed by atoms with Gasteiger partial charge in [0.15, 0.2) is 0 Å². The predicted molar refractivity (Wildman–Crippen MR) is 203 cm³/mol. The topological polar surface area (TPSA) is 105 Å². The summed E-state index contributed by atoms with van der Waals surface area (Å²) in [6.07, 6.45) is 36.4. The van der Waals surface area contributed by atoms with Gasteiger partial charge in [-0.3, -0.25) is 13.8 Å².